The maximum absolute atomic E-state index is 9.14. The highest BCUT2D eigenvalue weighted by Crippen LogP contribution is 2.17. The van der Waals surface area contributed by atoms with E-state index in [4.69, 9.17) is 9.84 Å². The van der Waals surface area contributed by atoms with Crippen molar-refractivity contribution in [3.8, 4) is 5.75 Å². The summed E-state index contributed by atoms with van der Waals surface area (Å²) in [6.45, 7) is 4.67. The SMILES string of the molecule is CCSCCCOc1ccc(C)nc1CO. The Bertz CT molecular complexity index is 318. The van der Waals surface area contributed by atoms with Gasteiger partial charge in [0.15, 0.2) is 0 Å². The van der Waals surface area contributed by atoms with Gasteiger partial charge in [0.05, 0.1) is 13.2 Å². The second-order valence-corrected chi connectivity index (χ2v) is 4.85. The molecule has 3 nitrogen and oxygen atoms in total. The first-order valence-corrected chi connectivity index (χ1v) is 6.71. The molecule has 0 saturated heterocycles. The van der Waals surface area contributed by atoms with Crippen LogP contribution in [0.15, 0.2) is 12.1 Å². The molecule has 0 aliphatic rings. The van der Waals surface area contributed by atoms with Crippen LogP contribution in [0.5, 0.6) is 5.75 Å². The zero-order valence-corrected chi connectivity index (χ0v) is 10.7. The maximum Gasteiger partial charge on any atom is 0.143 e. The topological polar surface area (TPSA) is 42.4 Å². The highest BCUT2D eigenvalue weighted by molar-refractivity contribution is 7.99. The number of aliphatic hydroxyl groups excluding tert-OH is 1. The molecule has 1 heterocycles. The van der Waals surface area contributed by atoms with Crippen LogP contribution in [0, 0.1) is 6.92 Å². The molecule has 0 fully saturated rings. The predicted octanol–water partition coefficient (Wildman–Crippen LogP) is 2.40. The average molecular weight is 241 g/mol. The van der Waals surface area contributed by atoms with Gasteiger partial charge in [-0.2, -0.15) is 11.8 Å². The number of aliphatic hydroxyl groups is 1. The van der Waals surface area contributed by atoms with Gasteiger partial charge in [-0.1, -0.05) is 6.92 Å². The third-order valence-corrected chi connectivity index (χ3v) is 3.10. The number of thioether (sulfide) groups is 1. The molecular formula is C12H19NO2S. The molecule has 1 N–H and O–H groups in total. The second-order valence-electron chi connectivity index (χ2n) is 3.45. The van der Waals surface area contributed by atoms with E-state index in [9.17, 15) is 0 Å². The van der Waals surface area contributed by atoms with Crippen molar-refractivity contribution in [1.29, 1.82) is 0 Å². The fraction of sp³-hybridized carbons (Fsp3) is 0.583. The maximum atomic E-state index is 9.14. The minimum absolute atomic E-state index is 0.0687. The molecule has 0 spiro atoms. The Labute approximate surface area is 101 Å². The van der Waals surface area contributed by atoms with Crippen molar-refractivity contribution in [2.45, 2.75) is 26.9 Å². The molecule has 4 heteroatoms. The lowest BCUT2D eigenvalue weighted by molar-refractivity contribution is 0.257. The zero-order chi connectivity index (χ0) is 11.8. The highest BCUT2D eigenvalue weighted by atomic mass is 32.2. The summed E-state index contributed by atoms with van der Waals surface area (Å²) in [5.74, 6) is 2.97. The third-order valence-electron chi connectivity index (χ3n) is 2.12. The quantitative estimate of drug-likeness (QED) is 0.744. The van der Waals surface area contributed by atoms with Crippen molar-refractivity contribution in [3.05, 3.63) is 23.5 Å². The molecule has 0 aliphatic heterocycles. The fourth-order valence-electron chi connectivity index (χ4n) is 1.33. The summed E-state index contributed by atoms with van der Waals surface area (Å²) >= 11 is 1.91. The molecule has 16 heavy (non-hydrogen) atoms. The van der Waals surface area contributed by atoms with Crippen LogP contribution >= 0.6 is 11.8 Å². The minimum Gasteiger partial charge on any atom is -0.492 e. The zero-order valence-electron chi connectivity index (χ0n) is 9.90. The number of ether oxygens (including phenoxy) is 1. The number of hydrogen-bond acceptors (Lipinski definition) is 4. The molecule has 1 aromatic rings. The van der Waals surface area contributed by atoms with Crippen molar-refractivity contribution < 1.29 is 9.84 Å². The van der Waals surface area contributed by atoms with Gasteiger partial charge in [0.1, 0.15) is 11.4 Å². The van der Waals surface area contributed by atoms with E-state index in [-0.39, 0.29) is 6.61 Å². The van der Waals surface area contributed by atoms with Crippen LogP contribution in [0.4, 0.5) is 0 Å². The summed E-state index contributed by atoms with van der Waals surface area (Å²) in [5, 5.41) is 9.14. The second kappa shape index (κ2) is 7.52. The molecule has 0 radical (unpaired) electrons. The van der Waals surface area contributed by atoms with Crippen LogP contribution in [-0.2, 0) is 6.61 Å². The third kappa shape index (κ3) is 4.41. The van der Waals surface area contributed by atoms with E-state index in [2.05, 4.69) is 11.9 Å². The van der Waals surface area contributed by atoms with E-state index in [1.165, 1.54) is 0 Å². The summed E-state index contributed by atoms with van der Waals surface area (Å²) < 4.78 is 5.59. The molecule has 0 atom stereocenters. The minimum atomic E-state index is -0.0687. The van der Waals surface area contributed by atoms with Gasteiger partial charge in [-0.25, -0.2) is 0 Å². The Balaban J connectivity index is 2.41. The molecule has 0 aromatic carbocycles. The molecule has 1 rings (SSSR count). The normalized spacial score (nSPS) is 10.4. The molecular weight excluding hydrogens is 222 g/mol. The first-order valence-electron chi connectivity index (χ1n) is 5.55. The van der Waals surface area contributed by atoms with Crippen molar-refractivity contribution >= 4 is 11.8 Å². The smallest absolute Gasteiger partial charge is 0.143 e. The number of hydrogen-bond donors (Lipinski definition) is 1. The van der Waals surface area contributed by atoms with Crippen molar-refractivity contribution in [2.24, 2.45) is 0 Å². The molecule has 0 saturated carbocycles. The summed E-state index contributed by atoms with van der Waals surface area (Å²) in [5.41, 5.74) is 1.53. The summed E-state index contributed by atoms with van der Waals surface area (Å²) in [6.07, 6.45) is 1.03. The van der Waals surface area contributed by atoms with Crippen LogP contribution in [0.2, 0.25) is 0 Å². The number of rotatable bonds is 7. The predicted molar refractivity (Wildman–Crippen MR) is 68.0 cm³/mol. The van der Waals surface area contributed by atoms with E-state index in [0.717, 1.165) is 23.6 Å². The van der Waals surface area contributed by atoms with Gasteiger partial charge in [0, 0.05) is 5.69 Å². The first-order chi connectivity index (χ1) is 7.77. The lowest BCUT2D eigenvalue weighted by Crippen LogP contribution is -2.03. The Morgan fingerprint density at radius 1 is 1.44 bits per heavy atom. The van der Waals surface area contributed by atoms with E-state index in [1.807, 2.05) is 30.8 Å². The molecule has 0 unspecified atom stereocenters. The van der Waals surface area contributed by atoms with Gasteiger partial charge in [-0.15, -0.1) is 0 Å². The fourth-order valence-corrected chi connectivity index (χ4v) is 1.94. The van der Waals surface area contributed by atoms with E-state index in [0.29, 0.717) is 18.1 Å². The molecule has 90 valence electrons. The number of nitrogens with zero attached hydrogens (tertiary/aromatic N) is 1. The summed E-state index contributed by atoms with van der Waals surface area (Å²) in [6, 6.07) is 3.77. The van der Waals surface area contributed by atoms with Gasteiger partial charge in [-0.05, 0) is 37.0 Å². The van der Waals surface area contributed by atoms with Crippen LogP contribution in [-0.4, -0.2) is 28.2 Å². The monoisotopic (exact) mass is 241 g/mol. The lowest BCUT2D eigenvalue weighted by Gasteiger charge is -2.09. The number of pyridine rings is 1. The lowest BCUT2D eigenvalue weighted by atomic mass is 10.3. The van der Waals surface area contributed by atoms with Crippen LogP contribution in [0.3, 0.4) is 0 Å². The van der Waals surface area contributed by atoms with E-state index < -0.39 is 0 Å². The standard InChI is InChI=1S/C12H19NO2S/c1-3-16-8-4-7-15-12-6-5-10(2)13-11(12)9-14/h5-6,14H,3-4,7-9H2,1-2H3. The molecule has 1 aromatic heterocycles. The molecule has 0 amide bonds. The Kier molecular flexibility index (Phi) is 6.26. The van der Waals surface area contributed by atoms with Crippen molar-refractivity contribution in [3.63, 3.8) is 0 Å². The summed E-state index contributed by atoms with van der Waals surface area (Å²) in [4.78, 5) is 4.23. The van der Waals surface area contributed by atoms with E-state index in [1.54, 1.807) is 0 Å². The van der Waals surface area contributed by atoms with Gasteiger partial charge in [0.25, 0.3) is 0 Å². The van der Waals surface area contributed by atoms with Gasteiger partial charge in [-0.3, -0.25) is 4.98 Å². The Morgan fingerprint density at radius 2 is 2.25 bits per heavy atom. The van der Waals surface area contributed by atoms with Crippen molar-refractivity contribution in [2.75, 3.05) is 18.1 Å². The van der Waals surface area contributed by atoms with Crippen LogP contribution in [0.1, 0.15) is 24.7 Å². The van der Waals surface area contributed by atoms with Crippen LogP contribution in [0.25, 0.3) is 0 Å². The largest absolute Gasteiger partial charge is 0.492 e. The van der Waals surface area contributed by atoms with Crippen LogP contribution < -0.4 is 4.74 Å². The van der Waals surface area contributed by atoms with Gasteiger partial charge in [0.2, 0.25) is 0 Å². The average Bonchev–Trinajstić information content (AvgIpc) is 2.30. The Hall–Kier alpha value is -0.740. The molecule has 0 aliphatic carbocycles. The molecule has 0 bridgehead atoms. The number of aryl methyl sites for hydroxylation is 1. The highest BCUT2D eigenvalue weighted by Gasteiger charge is 2.04. The van der Waals surface area contributed by atoms with E-state index >= 15 is 0 Å². The Morgan fingerprint density at radius 3 is 2.94 bits per heavy atom. The van der Waals surface area contributed by atoms with Gasteiger partial charge < -0.3 is 9.84 Å². The number of aromatic nitrogens is 1. The van der Waals surface area contributed by atoms with Gasteiger partial charge >= 0.3 is 0 Å². The first kappa shape index (κ1) is 13.3. The summed E-state index contributed by atoms with van der Waals surface area (Å²) in [7, 11) is 0. The van der Waals surface area contributed by atoms with Crippen molar-refractivity contribution in [1.82, 2.24) is 4.98 Å².